The van der Waals surface area contributed by atoms with E-state index in [1.165, 1.54) is 6.08 Å². The summed E-state index contributed by atoms with van der Waals surface area (Å²) in [5, 5.41) is 12.2. The molecule has 0 spiro atoms. The lowest BCUT2D eigenvalue weighted by atomic mass is 10.1. The zero-order chi connectivity index (χ0) is 21.9. The summed E-state index contributed by atoms with van der Waals surface area (Å²) in [5.74, 6) is 1.33. The van der Waals surface area contributed by atoms with Gasteiger partial charge in [-0.3, -0.25) is 4.79 Å². The van der Waals surface area contributed by atoms with Crippen molar-refractivity contribution in [2.24, 2.45) is 0 Å². The van der Waals surface area contributed by atoms with Crippen molar-refractivity contribution in [3.05, 3.63) is 70.2 Å². The van der Waals surface area contributed by atoms with Crippen LogP contribution >= 0.6 is 15.9 Å². The van der Waals surface area contributed by atoms with Crippen molar-refractivity contribution in [3.8, 4) is 23.3 Å². The van der Waals surface area contributed by atoms with Gasteiger partial charge in [-0.15, -0.1) is 0 Å². The van der Waals surface area contributed by atoms with Crippen molar-refractivity contribution in [1.82, 2.24) is 5.32 Å². The van der Waals surface area contributed by atoms with Crippen molar-refractivity contribution < 1.29 is 19.0 Å². The largest absolute Gasteiger partial charge is 0.497 e. The van der Waals surface area contributed by atoms with Gasteiger partial charge in [-0.1, -0.05) is 40.7 Å². The molecule has 0 saturated carbocycles. The third-order valence-corrected chi connectivity index (χ3v) is 4.68. The first kappa shape index (κ1) is 23.0. The molecule has 0 radical (unpaired) electrons. The Bertz CT molecular complexity index is 962. The van der Waals surface area contributed by atoms with Crippen LogP contribution in [0.15, 0.2) is 59.1 Å². The van der Waals surface area contributed by atoms with E-state index in [0.717, 1.165) is 11.3 Å². The van der Waals surface area contributed by atoms with Gasteiger partial charge in [0.15, 0.2) is 11.5 Å². The van der Waals surface area contributed by atoms with Crippen LogP contribution in [0.3, 0.4) is 0 Å². The van der Waals surface area contributed by atoms with Crippen LogP contribution in [-0.4, -0.2) is 26.2 Å². The predicted molar refractivity (Wildman–Crippen MR) is 119 cm³/mol. The van der Waals surface area contributed by atoms with Gasteiger partial charge in [0.25, 0.3) is 5.91 Å². The van der Waals surface area contributed by atoms with Gasteiger partial charge < -0.3 is 19.5 Å². The van der Waals surface area contributed by atoms with Crippen LogP contribution in [0.5, 0.6) is 17.2 Å². The smallest absolute Gasteiger partial charge is 0.262 e. The number of amides is 1. The van der Waals surface area contributed by atoms with Crippen molar-refractivity contribution in [1.29, 1.82) is 5.26 Å². The first-order chi connectivity index (χ1) is 14.5. The number of ether oxygens (including phenoxy) is 3. The molecule has 6 nitrogen and oxygen atoms in total. The van der Waals surface area contributed by atoms with Crippen molar-refractivity contribution in [3.63, 3.8) is 0 Å². The van der Waals surface area contributed by atoms with Crippen LogP contribution in [0.25, 0.3) is 6.08 Å². The maximum atomic E-state index is 12.5. The lowest BCUT2D eigenvalue weighted by Gasteiger charge is -2.13. The van der Waals surface area contributed by atoms with Crippen LogP contribution in [-0.2, 0) is 11.3 Å². The van der Waals surface area contributed by atoms with Gasteiger partial charge >= 0.3 is 0 Å². The molecule has 0 heterocycles. The lowest BCUT2D eigenvalue weighted by molar-refractivity contribution is -0.117. The Balaban J connectivity index is 2.20. The molecule has 30 heavy (non-hydrogen) atoms. The average molecular weight is 471 g/mol. The molecule has 2 rings (SSSR count). The van der Waals surface area contributed by atoms with E-state index in [1.54, 1.807) is 25.3 Å². The van der Waals surface area contributed by atoms with E-state index in [9.17, 15) is 10.1 Å². The van der Waals surface area contributed by atoms with Gasteiger partial charge in [0.05, 0.1) is 13.7 Å². The fraction of sp³-hybridized carbons (Fsp3) is 0.217. The molecule has 0 saturated heterocycles. The zero-order valence-electron chi connectivity index (χ0n) is 16.9. The summed E-state index contributed by atoms with van der Waals surface area (Å²) in [5.41, 5.74) is 1.50. The van der Waals surface area contributed by atoms with Gasteiger partial charge in [-0.05, 0) is 48.4 Å². The second-order valence-corrected chi connectivity index (χ2v) is 6.91. The second kappa shape index (κ2) is 11.7. The normalized spacial score (nSPS) is 10.7. The molecule has 1 amide bonds. The summed E-state index contributed by atoms with van der Waals surface area (Å²) in [6, 6.07) is 12.7. The molecule has 7 heteroatoms. The number of carbonyl (C=O) groups excluding carboxylic acids is 1. The van der Waals surface area contributed by atoms with Crippen LogP contribution in [0, 0.1) is 11.3 Å². The summed E-state index contributed by atoms with van der Waals surface area (Å²) in [7, 11) is 1.59. The predicted octanol–water partition coefficient (Wildman–Crippen LogP) is 4.64. The first-order valence-corrected chi connectivity index (χ1v) is 10.0. The number of halogens is 1. The Hall–Kier alpha value is -3.24. The molecule has 2 aromatic rings. The summed E-state index contributed by atoms with van der Waals surface area (Å²) >= 11 is 3.46. The van der Waals surface area contributed by atoms with Crippen LogP contribution in [0.2, 0.25) is 0 Å². The fourth-order valence-electron chi connectivity index (χ4n) is 2.52. The van der Waals surface area contributed by atoms with E-state index in [-0.39, 0.29) is 5.57 Å². The number of methoxy groups -OCH3 is 1. The average Bonchev–Trinajstić information content (AvgIpc) is 2.76. The maximum Gasteiger partial charge on any atom is 0.262 e. The third-order valence-electron chi connectivity index (χ3n) is 4.00. The van der Waals surface area contributed by atoms with Gasteiger partial charge in [-0.25, -0.2) is 0 Å². The summed E-state index contributed by atoms with van der Waals surface area (Å²) in [6.45, 7) is 6.57. The molecule has 1 N–H and O–H groups in total. The van der Waals surface area contributed by atoms with E-state index in [0.29, 0.717) is 41.3 Å². The summed E-state index contributed by atoms with van der Waals surface area (Å²) in [4.78, 5) is 12.5. The molecule has 0 aliphatic heterocycles. The van der Waals surface area contributed by atoms with Gasteiger partial charge in [0.1, 0.15) is 24.0 Å². The van der Waals surface area contributed by atoms with Crippen LogP contribution in [0.4, 0.5) is 0 Å². The SMILES string of the molecule is C=CCOc1cc(Br)c(/C=C(/C#N)C(=O)NCc2ccc(OC)cc2)cc1OCC. The zero-order valence-corrected chi connectivity index (χ0v) is 18.5. The third kappa shape index (κ3) is 6.39. The summed E-state index contributed by atoms with van der Waals surface area (Å²) < 4.78 is 17.0. The number of carbonyl (C=O) groups is 1. The minimum Gasteiger partial charge on any atom is -0.497 e. The molecule has 0 aliphatic carbocycles. The minimum atomic E-state index is -0.467. The second-order valence-electron chi connectivity index (χ2n) is 6.05. The van der Waals surface area contributed by atoms with Gasteiger partial charge in [0, 0.05) is 11.0 Å². The highest BCUT2D eigenvalue weighted by molar-refractivity contribution is 9.10. The maximum absolute atomic E-state index is 12.5. The van der Waals surface area contributed by atoms with Crippen LogP contribution < -0.4 is 19.5 Å². The topological polar surface area (TPSA) is 80.6 Å². The molecule has 0 aromatic heterocycles. The molecule has 2 aromatic carbocycles. The Morgan fingerprint density at radius 2 is 1.93 bits per heavy atom. The highest BCUT2D eigenvalue weighted by Gasteiger charge is 2.14. The molecular formula is C23H23BrN2O4. The molecule has 156 valence electrons. The molecule has 0 atom stereocenters. The highest BCUT2D eigenvalue weighted by Crippen LogP contribution is 2.35. The molecule has 0 aliphatic rings. The molecule has 0 unspecified atom stereocenters. The lowest BCUT2D eigenvalue weighted by Crippen LogP contribution is -2.23. The number of hydrogen-bond acceptors (Lipinski definition) is 5. The summed E-state index contributed by atoms with van der Waals surface area (Å²) in [6.07, 6.45) is 3.14. The van der Waals surface area contributed by atoms with Crippen molar-refractivity contribution in [2.75, 3.05) is 20.3 Å². The van der Waals surface area contributed by atoms with E-state index >= 15 is 0 Å². The van der Waals surface area contributed by atoms with E-state index in [4.69, 9.17) is 14.2 Å². The highest BCUT2D eigenvalue weighted by atomic mass is 79.9. The molecule has 0 fully saturated rings. The number of rotatable bonds is 10. The monoisotopic (exact) mass is 470 g/mol. The fourth-order valence-corrected chi connectivity index (χ4v) is 2.95. The minimum absolute atomic E-state index is 0.0218. The van der Waals surface area contributed by atoms with Gasteiger partial charge in [-0.2, -0.15) is 5.26 Å². The van der Waals surface area contributed by atoms with Gasteiger partial charge in [0.2, 0.25) is 0 Å². The Morgan fingerprint density at radius 3 is 2.53 bits per heavy atom. The molecular weight excluding hydrogens is 448 g/mol. The Morgan fingerprint density at radius 1 is 1.23 bits per heavy atom. The number of nitrogens with zero attached hydrogens (tertiary/aromatic N) is 1. The Labute approximate surface area is 184 Å². The van der Waals surface area contributed by atoms with Crippen LogP contribution in [0.1, 0.15) is 18.1 Å². The number of benzene rings is 2. The van der Waals surface area contributed by atoms with E-state index in [1.807, 2.05) is 37.3 Å². The number of hydrogen-bond donors (Lipinski definition) is 1. The van der Waals surface area contributed by atoms with E-state index < -0.39 is 5.91 Å². The van der Waals surface area contributed by atoms with Crippen molar-refractivity contribution >= 4 is 27.9 Å². The number of nitrogens with one attached hydrogen (secondary N) is 1. The van der Waals surface area contributed by atoms with E-state index in [2.05, 4.69) is 27.8 Å². The van der Waals surface area contributed by atoms with Crippen molar-refractivity contribution in [2.45, 2.75) is 13.5 Å². The quantitative estimate of drug-likeness (QED) is 0.310. The first-order valence-electron chi connectivity index (χ1n) is 9.25. The number of nitriles is 1. The Kier molecular flexibility index (Phi) is 8.98. The standard InChI is InChI=1S/C23H23BrN2O4/c1-4-10-30-22-13-20(24)17(12-21(22)29-5-2)11-18(14-25)23(27)26-15-16-6-8-19(28-3)9-7-16/h4,6-9,11-13H,1,5,10,15H2,2-3H3,(H,26,27)/b18-11-. The molecule has 0 bridgehead atoms.